The molecule has 1 fully saturated rings. The van der Waals surface area contributed by atoms with Crippen molar-refractivity contribution in [2.45, 2.75) is 23.8 Å². The monoisotopic (exact) mass is 415 g/mol. The Bertz CT molecular complexity index is 897. The molecule has 8 heteroatoms. The van der Waals surface area contributed by atoms with Gasteiger partial charge >= 0.3 is 0 Å². The lowest BCUT2D eigenvalue weighted by atomic mass is 10.0. The largest absolute Gasteiger partial charge is 0.497 e. The molecule has 0 saturated carbocycles. The van der Waals surface area contributed by atoms with E-state index < -0.39 is 10.0 Å². The fourth-order valence-corrected chi connectivity index (χ4v) is 6.05. The van der Waals surface area contributed by atoms with Crippen LogP contribution in [0.25, 0.3) is 0 Å². The maximum absolute atomic E-state index is 13.3. The molecular weight excluding hydrogens is 397 g/mol. The summed E-state index contributed by atoms with van der Waals surface area (Å²) in [5, 5.41) is 0.224. The van der Waals surface area contributed by atoms with Gasteiger partial charge in [-0.1, -0.05) is 29.3 Å². The SMILES string of the molecule is COc1ccc(OC)c(C2CCCN2S(=O)(=O)c2c(Cl)cccc2Cl)c1. The molecular formula is C18H19Cl2NO4S. The Morgan fingerprint density at radius 3 is 2.38 bits per heavy atom. The fraction of sp³-hybridized carbons (Fsp3) is 0.333. The molecule has 0 bridgehead atoms. The lowest BCUT2D eigenvalue weighted by Crippen LogP contribution is -2.31. The lowest BCUT2D eigenvalue weighted by Gasteiger charge is -2.26. The molecule has 1 unspecified atom stereocenters. The highest BCUT2D eigenvalue weighted by molar-refractivity contribution is 7.89. The summed E-state index contributed by atoms with van der Waals surface area (Å²) >= 11 is 12.3. The third kappa shape index (κ3) is 3.39. The van der Waals surface area contributed by atoms with Crippen LogP contribution in [0.2, 0.25) is 10.0 Å². The van der Waals surface area contributed by atoms with Crippen molar-refractivity contribution in [3.63, 3.8) is 0 Å². The smallest absolute Gasteiger partial charge is 0.246 e. The third-order valence-electron chi connectivity index (χ3n) is 4.49. The van der Waals surface area contributed by atoms with Gasteiger partial charge in [0, 0.05) is 12.1 Å². The molecule has 3 rings (SSSR count). The van der Waals surface area contributed by atoms with Crippen LogP contribution in [0.15, 0.2) is 41.3 Å². The molecule has 0 N–H and O–H groups in total. The first kappa shape index (κ1) is 19.3. The number of hydrogen-bond donors (Lipinski definition) is 0. The number of nitrogens with zero attached hydrogens (tertiary/aromatic N) is 1. The summed E-state index contributed by atoms with van der Waals surface area (Å²) in [7, 11) is -0.742. The van der Waals surface area contributed by atoms with Crippen molar-refractivity contribution in [1.82, 2.24) is 4.31 Å². The maximum Gasteiger partial charge on any atom is 0.246 e. The molecule has 0 radical (unpaired) electrons. The zero-order chi connectivity index (χ0) is 18.9. The number of halogens is 2. The first-order chi connectivity index (χ1) is 12.4. The summed E-state index contributed by atoms with van der Waals surface area (Å²) in [6.45, 7) is 0.384. The minimum atomic E-state index is -3.87. The number of sulfonamides is 1. The minimum Gasteiger partial charge on any atom is -0.497 e. The Balaban J connectivity index is 2.09. The van der Waals surface area contributed by atoms with E-state index in [1.807, 2.05) is 6.07 Å². The minimum absolute atomic E-state index is 0.0582. The molecule has 1 aliphatic heterocycles. The van der Waals surface area contributed by atoms with Crippen LogP contribution in [0.1, 0.15) is 24.4 Å². The van der Waals surface area contributed by atoms with Crippen molar-refractivity contribution < 1.29 is 17.9 Å². The van der Waals surface area contributed by atoms with E-state index in [2.05, 4.69) is 0 Å². The van der Waals surface area contributed by atoms with Crippen LogP contribution in [0.4, 0.5) is 0 Å². The summed E-state index contributed by atoms with van der Waals surface area (Å²) in [6, 6.07) is 9.66. The molecule has 2 aromatic rings. The molecule has 0 spiro atoms. The van der Waals surface area contributed by atoms with Gasteiger partial charge in [0.15, 0.2) is 0 Å². The van der Waals surface area contributed by atoms with Gasteiger partial charge in [0.05, 0.1) is 30.3 Å². The number of methoxy groups -OCH3 is 2. The first-order valence-electron chi connectivity index (χ1n) is 8.08. The van der Waals surface area contributed by atoms with E-state index in [0.717, 1.165) is 12.0 Å². The second-order valence-corrected chi connectivity index (χ2v) is 8.57. The quantitative estimate of drug-likeness (QED) is 0.719. The van der Waals surface area contributed by atoms with Crippen LogP contribution < -0.4 is 9.47 Å². The van der Waals surface area contributed by atoms with Crippen LogP contribution in [0.3, 0.4) is 0 Å². The highest BCUT2D eigenvalue weighted by Gasteiger charge is 2.39. The average molecular weight is 416 g/mol. The van der Waals surface area contributed by atoms with E-state index in [4.69, 9.17) is 32.7 Å². The Labute approximate surface area is 163 Å². The normalized spacial score (nSPS) is 18.1. The third-order valence-corrected chi connectivity index (χ3v) is 7.35. The second-order valence-electron chi connectivity index (χ2n) is 5.93. The molecule has 1 atom stereocenters. The molecule has 0 amide bonds. The molecule has 2 aromatic carbocycles. The van der Waals surface area contributed by atoms with Gasteiger partial charge in [0.1, 0.15) is 16.4 Å². The van der Waals surface area contributed by atoms with E-state index in [-0.39, 0.29) is 21.0 Å². The zero-order valence-corrected chi connectivity index (χ0v) is 16.7. The van der Waals surface area contributed by atoms with Gasteiger partial charge in [-0.3, -0.25) is 0 Å². The van der Waals surface area contributed by atoms with Gasteiger partial charge < -0.3 is 9.47 Å². The van der Waals surface area contributed by atoms with E-state index in [1.54, 1.807) is 32.4 Å². The summed E-state index contributed by atoms with van der Waals surface area (Å²) in [5.41, 5.74) is 0.760. The standard InChI is InChI=1S/C18H19Cl2NO4S/c1-24-12-8-9-17(25-2)13(11-12)16-7-4-10-21(16)26(22,23)18-14(19)5-3-6-15(18)20/h3,5-6,8-9,11,16H,4,7,10H2,1-2H3. The van der Waals surface area contributed by atoms with Gasteiger partial charge in [-0.2, -0.15) is 4.31 Å². The molecule has 0 aromatic heterocycles. The van der Waals surface area contributed by atoms with Gasteiger partial charge in [0.25, 0.3) is 0 Å². The van der Waals surface area contributed by atoms with Crippen LogP contribution in [-0.4, -0.2) is 33.5 Å². The predicted molar refractivity (Wildman–Crippen MR) is 102 cm³/mol. The Morgan fingerprint density at radius 2 is 1.77 bits per heavy atom. The Morgan fingerprint density at radius 1 is 1.08 bits per heavy atom. The van der Waals surface area contributed by atoms with Gasteiger partial charge in [-0.05, 0) is 43.2 Å². The van der Waals surface area contributed by atoms with Gasteiger partial charge in [0.2, 0.25) is 10.0 Å². The van der Waals surface area contributed by atoms with Crippen molar-refractivity contribution in [3.05, 3.63) is 52.0 Å². The topological polar surface area (TPSA) is 55.8 Å². The summed E-state index contributed by atoms with van der Waals surface area (Å²) in [4.78, 5) is -0.0582. The molecule has 0 aliphatic carbocycles. The van der Waals surface area contributed by atoms with Crippen molar-refractivity contribution in [1.29, 1.82) is 0 Å². The summed E-state index contributed by atoms with van der Waals surface area (Å²) in [6.07, 6.45) is 1.40. The molecule has 140 valence electrons. The molecule has 1 aliphatic rings. The average Bonchev–Trinajstić information content (AvgIpc) is 3.11. The van der Waals surface area contributed by atoms with Crippen molar-refractivity contribution in [3.8, 4) is 11.5 Å². The number of hydrogen-bond acceptors (Lipinski definition) is 4. The molecule has 26 heavy (non-hydrogen) atoms. The first-order valence-corrected chi connectivity index (χ1v) is 10.3. The van der Waals surface area contributed by atoms with E-state index in [1.165, 1.54) is 16.4 Å². The molecule has 5 nitrogen and oxygen atoms in total. The lowest BCUT2D eigenvalue weighted by molar-refractivity contribution is 0.362. The number of benzene rings is 2. The predicted octanol–water partition coefficient (Wildman–Crippen LogP) is 4.54. The maximum atomic E-state index is 13.3. The van der Waals surface area contributed by atoms with Crippen LogP contribution in [0, 0.1) is 0 Å². The highest BCUT2D eigenvalue weighted by Crippen LogP contribution is 2.43. The molecule has 1 heterocycles. The molecule has 1 saturated heterocycles. The zero-order valence-electron chi connectivity index (χ0n) is 14.4. The van der Waals surface area contributed by atoms with E-state index >= 15 is 0 Å². The van der Waals surface area contributed by atoms with Crippen LogP contribution in [-0.2, 0) is 10.0 Å². The van der Waals surface area contributed by atoms with Gasteiger partial charge in [-0.15, -0.1) is 0 Å². The van der Waals surface area contributed by atoms with Crippen molar-refractivity contribution in [2.75, 3.05) is 20.8 Å². The van der Waals surface area contributed by atoms with E-state index in [0.29, 0.717) is 24.5 Å². The van der Waals surface area contributed by atoms with Crippen LogP contribution in [0.5, 0.6) is 11.5 Å². The Kier molecular flexibility index (Phi) is 5.67. The number of rotatable bonds is 5. The van der Waals surface area contributed by atoms with Crippen molar-refractivity contribution in [2.24, 2.45) is 0 Å². The van der Waals surface area contributed by atoms with Crippen molar-refractivity contribution >= 4 is 33.2 Å². The van der Waals surface area contributed by atoms with Gasteiger partial charge in [-0.25, -0.2) is 8.42 Å². The Hall–Kier alpha value is -1.47. The number of ether oxygens (including phenoxy) is 2. The fourth-order valence-electron chi connectivity index (χ4n) is 3.28. The summed E-state index contributed by atoms with van der Waals surface area (Å²) < 4.78 is 38.8. The van der Waals surface area contributed by atoms with E-state index in [9.17, 15) is 8.42 Å². The summed E-state index contributed by atoms with van der Waals surface area (Å²) in [5.74, 6) is 1.25. The highest BCUT2D eigenvalue weighted by atomic mass is 35.5. The van der Waals surface area contributed by atoms with Crippen LogP contribution >= 0.6 is 23.2 Å². The second kappa shape index (κ2) is 7.64.